The first kappa shape index (κ1) is 12.6. The van der Waals surface area contributed by atoms with Crippen LogP contribution < -0.4 is 4.74 Å². The van der Waals surface area contributed by atoms with Gasteiger partial charge in [0.1, 0.15) is 10.3 Å². The van der Waals surface area contributed by atoms with E-state index in [4.69, 9.17) is 4.74 Å². The van der Waals surface area contributed by atoms with Crippen molar-refractivity contribution in [3.63, 3.8) is 0 Å². The predicted molar refractivity (Wildman–Crippen MR) is 71.7 cm³/mol. The molecule has 19 heavy (non-hydrogen) atoms. The summed E-state index contributed by atoms with van der Waals surface area (Å²) in [7, 11) is -3.33. The lowest BCUT2D eigenvalue weighted by Gasteiger charge is -2.37. The van der Waals surface area contributed by atoms with Gasteiger partial charge < -0.3 is 4.74 Å². The van der Waals surface area contributed by atoms with Crippen LogP contribution in [0, 0.1) is 0 Å². The van der Waals surface area contributed by atoms with E-state index in [9.17, 15) is 8.42 Å². The molecule has 2 aromatic rings. The Morgan fingerprint density at radius 2 is 2.11 bits per heavy atom. The van der Waals surface area contributed by atoms with Crippen molar-refractivity contribution in [3.05, 3.63) is 41.9 Å². The van der Waals surface area contributed by atoms with Crippen molar-refractivity contribution in [2.24, 2.45) is 0 Å². The fraction of sp³-hybridized carbons (Fsp3) is 0.250. The van der Waals surface area contributed by atoms with Gasteiger partial charge in [-0.3, -0.25) is 0 Å². The van der Waals surface area contributed by atoms with E-state index in [-0.39, 0.29) is 6.10 Å². The minimum absolute atomic E-state index is 0.121. The summed E-state index contributed by atoms with van der Waals surface area (Å²) in [5.41, 5.74) is 0. The molecule has 0 N–H and O–H groups in total. The highest BCUT2D eigenvalue weighted by Crippen LogP contribution is 2.26. The number of sulfonamides is 1. The molecule has 0 spiro atoms. The van der Waals surface area contributed by atoms with E-state index < -0.39 is 10.0 Å². The lowest BCUT2D eigenvalue weighted by Crippen LogP contribution is -2.55. The smallest absolute Gasteiger partial charge is 0.252 e. The van der Waals surface area contributed by atoms with Crippen LogP contribution in [0.5, 0.6) is 5.88 Å². The fourth-order valence-electron chi connectivity index (χ4n) is 1.80. The van der Waals surface area contributed by atoms with E-state index in [1.54, 1.807) is 35.8 Å². The molecule has 3 rings (SSSR count). The minimum atomic E-state index is -3.33. The average Bonchev–Trinajstić information content (AvgIpc) is 2.89. The number of ether oxygens (including phenoxy) is 1. The van der Waals surface area contributed by atoms with Crippen LogP contribution in [0.3, 0.4) is 0 Å². The molecule has 0 bridgehead atoms. The van der Waals surface area contributed by atoms with Gasteiger partial charge in [0.25, 0.3) is 10.0 Å². The van der Waals surface area contributed by atoms with Gasteiger partial charge >= 0.3 is 0 Å². The summed E-state index contributed by atoms with van der Waals surface area (Å²) in [6.45, 7) is 0.744. The molecule has 3 heterocycles. The number of pyridine rings is 1. The minimum Gasteiger partial charge on any atom is -0.472 e. The third-order valence-corrected chi connectivity index (χ3v) is 6.03. The van der Waals surface area contributed by atoms with E-state index in [2.05, 4.69) is 4.98 Å². The van der Waals surface area contributed by atoms with Crippen LogP contribution in [0.2, 0.25) is 0 Å². The lowest BCUT2D eigenvalue weighted by atomic mass is 10.2. The van der Waals surface area contributed by atoms with Crippen molar-refractivity contribution in [2.45, 2.75) is 10.3 Å². The summed E-state index contributed by atoms with van der Waals surface area (Å²) in [6.07, 6.45) is 1.53. The van der Waals surface area contributed by atoms with Gasteiger partial charge in [-0.15, -0.1) is 11.3 Å². The summed E-state index contributed by atoms with van der Waals surface area (Å²) in [4.78, 5) is 4.05. The van der Waals surface area contributed by atoms with Crippen molar-refractivity contribution in [1.29, 1.82) is 0 Å². The van der Waals surface area contributed by atoms with E-state index in [1.165, 1.54) is 15.6 Å². The molecule has 0 aliphatic carbocycles. The van der Waals surface area contributed by atoms with Gasteiger partial charge in [0.2, 0.25) is 5.88 Å². The number of hydrogen-bond acceptors (Lipinski definition) is 5. The number of thiophene rings is 1. The molecule has 0 saturated carbocycles. The normalized spacial score (nSPS) is 17.1. The van der Waals surface area contributed by atoms with Crippen molar-refractivity contribution >= 4 is 21.4 Å². The largest absolute Gasteiger partial charge is 0.472 e. The van der Waals surface area contributed by atoms with E-state index >= 15 is 0 Å². The molecule has 0 atom stereocenters. The molecule has 0 amide bonds. The van der Waals surface area contributed by atoms with Crippen molar-refractivity contribution in [3.8, 4) is 5.88 Å². The molecular formula is C12H12N2O3S2. The molecular weight excluding hydrogens is 284 g/mol. The number of aromatic nitrogens is 1. The van der Waals surface area contributed by atoms with Crippen LogP contribution in [0.15, 0.2) is 46.1 Å². The molecule has 0 unspecified atom stereocenters. The number of rotatable bonds is 4. The first-order valence-corrected chi connectivity index (χ1v) is 8.09. The second-order valence-corrected chi connectivity index (χ2v) is 7.27. The maximum atomic E-state index is 12.1. The van der Waals surface area contributed by atoms with Crippen LogP contribution in [0.4, 0.5) is 0 Å². The highest BCUT2D eigenvalue weighted by Gasteiger charge is 2.38. The van der Waals surface area contributed by atoms with Gasteiger partial charge in [0.15, 0.2) is 0 Å². The van der Waals surface area contributed by atoms with E-state index in [1.807, 2.05) is 6.07 Å². The second kappa shape index (κ2) is 4.92. The molecule has 100 valence electrons. The Balaban J connectivity index is 1.62. The Labute approximate surface area is 115 Å². The number of hydrogen-bond donors (Lipinski definition) is 0. The predicted octanol–water partition coefficient (Wildman–Crippen LogP) is 1.60. The van der Waals surface area contributed by atoms with Gasteiger partial charge in [0.05, 0.1) is 13.1 Å². The van der Waals surface area contributed by atoms with E-state index in [0.717, 1.165) is 0 Å². The second-order valence-electron chi connectivity index (χ2n) is 4.16. The fourth-order valence-corrected chi connectivity index (χ4v) is 4.44. The summed E-state index contributed by atoms with van der Waals surface area (Å²) >= 11 is 1.23. The Hall–Kier alpha value is -1.44. The summed E-state index contributed by atoms with van der Waals surface area (Å²) < 4.78 is 31.7. The Morgan fingerprint density at radius 1 is 1.26 bits per heavy atom. The molecule has 1 fully saturated rings. The SMILES string of the molecule is O=S(=O)(c1cccs1)N1CC(Oc2ccccn2)C1. The average molecular weight is 296 g/mol. The zero-order chi connectivity index (χ0) is 13.3. The molecule has 7 heteroatoms. The van der Waals surface area contributed by atoms with Gasteiger partial charge in [-0.2, -0.15) is 4.31 Å². The van der Waals surface area contributed by atoms with Crippen LogP contribution in [-0.2, 0) is 10.0 Å². The lowest BCUT2D eigenvalue weighted by molar-refractivity contribution is 0.0722. The van der Waals surface area contributed by atoms with Gasteiger partial charge in [-0.1, -0.05) is 12.1 Å². The maximum Gasteiger partial charge on any atom is 0.252 e. The zero-order valence-electron chi connectivity index (χ0n) is 9.97. The Kier molecular flexibility index (Phi) is 3.26. The maximum absolute atomic E-state index is 12.1. The summed E-state index contributed by atoms with van der Waals surface area (Å²) in [6, 6.07) is 8.75. The van der Waals surface area contributed by atoms with Crippen LogP contribution >= 0.6 is 11.3 Å². The molecule has 1 aliphatic heterocycles. The zero-order valence-corrected chi connectivity index (χ0v) is 11.6. The molecule has 0 radical (unpaired) electrons. The quantitative estimate of drug-likeness (QED) is 0.860. The van der Waals surface area contributed by atoms with Crippen LogP contribution in [-0.4, -0.2) is 36.9 Å². The van der Waals surface area contributed by atoms with E-state index in [0.29, 0.717) is 23.2 Å². The van der Waals surface area contributed by atoms with Crippen LogP contribution in [0.1, 0.15) is 0 Å². The topological polar surface area (TPSA) is 59.5 Å². The summed E-state index contributed by atoms with van der Waals surface area (Å²) in [5, 5.41) is 1.76. The van der Waals surface area contributed by atoms with Gasteiger partial charge in [-0.25, -0.2) is 13.4 Å². The van der Waals surface area contributed by atoms with Gasteiger partial charge in [-0.05, 0) is 17.5 Å². The highest BCUT2D eigenvalue weighted by atomic mass is 32.2. The molecule has 2 aromatic heterocycles. The number of nitrogens with zero attached hydrogens (tertiary/aromatic N) is 2. The first-order valence-electron chi connectivity index (χ1n) is 5.77. The monoisotopic (exact) mass is 296 g/mol. The van der Waals surface area contributed by atoms with Crippen molar-refractivity contribution < 1.29 is 13.2 Å². The van der Waals surface area contributed by atoms with Gasteiger partial charge in [0, 0.05) is 12.3 Å². The molecule has 1 saturated heterocycles. The standard InChI is InChI=1S/C12H12N2O3S2/c15-19(16,12-5-3-7-18-12)14-8-10(9-14)17-11-4-1-2-6-13-11/h1-7,10H,8-9H2. The molecule has 5 nitrogen and oxygen atoms in total. The Bertz CT molecular complexity index is 635. The Morgan fingerprint density at radius 3 is 2.74 bits per heavy atom. The third-order valence-electron chi connectivity index (χ3n) is 2.83. The van der Waals surface area contributed by atoms with Crippen LogP contribution in [0.25, 0.3) is 0 Å². The highest BCUT2D eigenvalue weighted by molar-refractivity contribution is 7.91. The third kappa shape index (κ3) is 2.49. The van der Waals surface area contributed by atoms with Crippen molar-refractivity contribution in [2.75, 3.05) is 13.1 Å². The first-order chi connectivity index (χ1) is 9.16. The summed E-state index contributed by atoms with van der Waals surface area (Å²) in [5.74, 6) is 0.528. The molecule has 1 aliphatic rings. The van der Waals surface area contributed by atoms with Crippen molar-refractivity contribution in [1.82, 2.24) is 9.29 Å². The molecule has 0 aromatic carbocycles.